The van der Waals surface area contributed by atoms with E-state index >= 15 is 0 Å². The zero-order valence-corrected chi connectivity index (χ0v) is 18.8. The summed E-state index contributed by atoms with van der Waals surface area (Å²) in [5.41, 5.74) is 2.64. The highest BCUT2D eigenvalue weighted by Gasteiger charge is 2.30. The first kappa shape index (κ1) is 23.0. The minimum Gasteiger partial charge on any atom is -0.338 e. The van der Waals surface area contributed by atoms with Crippen molar-refractivity contribution in [1.29, 1.82) is 0 Å². The minimum atomic E-state index is -4.51. The third kappa shape index (κ3) is 4.71. The van der Waals surface area contributed by atoms with Crippen molar-refractivity contribution < 1.29 is 18.0 Å². The summed E-state index contributed by atoms with van der Waals surface area (Å²) in [6.07, 6.45) is 0.276. The van der Waals surface area contributed by atoms with E-state index in [-0.39, 0.29) is 11.3 Å². The van der Waals surface area contributed by atoms with Crippen LogP contribution in [0.25, 0.3) is 22.6 Å². The van der Waals surface area contributed by atoms with Gasteiger partial charge < -0.3 is 15.6 Å². The summed E-state index contributed by atoms with van der Waals surface area (Å²) in [7, 11) is 0. The van der Waals surface area contributed by atoms with Gasteiger partial charge in [-0.25, -0.2) is 15.0 Å². The number of alkyl halides is 3. The van der Waals surface area contributed by atoms with Crippen LogP contribution in [0.15, 0.2) is 73.3 Å². The lowest BCUT2D eigenvalue weighted by molar-refractivity contribution is -0.137. The van der Waals surface area contributed by atoms with E-state index in [1.807, 2.05) is 6.92 Å². The summed E-state index contributed by atoms with van der Waals surface area (Å²) in [6.45, 7) is 1.85. The molecular formula is C25H18F3N7O. The molecule has 36 heavy (non-hydrogen) atoms. The summed E-state index contributed by atoms with van der Waals surface area (Å²) in [5.74, 6) is 0.321. The number of halogens is 3. The van der Waals surface area contributed by atoms with Crippen molar-refractivity contribution in [2.45, 2.75) is 13.1 Å². The Morgan fingerprint density at radius 2 is 1.81 bits per heavy atom. The van der Waals surface area contributed by atoms with Crippen molar-refractivity contribution in [3.63, 3.8) is 0 Å². The van der Waals surface area contributed by atoms with Gasteiger partial charge in [0.25, 0.3) is 5.91 Å². The molecule has 0 aliphatic heterocycles. The van der Waals surface area contributed by atoms with Crippen LogP contribution >= 0.6 is 0 Å². The quantitative estimate of drug-likeness (QED) is 0.291. The number of H-pyrrole nitrogens is 1. The Morgan fingerprint density at radius 3 is 2.58 bits per heavy atom. The largest absolute Gasteiger partial charge is 0.416 e. The van der Waals surface area contributed by atoms with Crippen LogP contribution in [0.4, 0.5) is 30.4 Å². The van der Waals surface area contributed by atoms with Crippen molar-refractivity contribution in [2.24, 2.45) is 0 Å². The molecule has 3 aromatic heterocycles. The third-order valence-electron chi connectivity index (χ3n) is 5.42. The van der Waals surface area contributed by atoms with E-state index in [4.69, 9.17) is 0 Å². The van der Waals surface area contributed by atoms with Crippen molar-refractivity contribution >= 4 is 34.3 Å². The Labute approximate surface area is 202 Å². The number of benzene rings is 2. The smallest absolute Gasteiger partial charge is 0.338 e. The first-order valence-corrected chi connectivity index (χ1v) is 10.8. The molecule has 0 radical (unpaired) electrons. The normalized spacial score (nSPS) is 11.4. The Bertz CT molecular complexity index is 1570. The number of hydrogen-bond acceptors (Lipinski definition) is 6. The predicted octanol–water partition coefficient (Wildman–Crippen LogP) is 5.74. The van der Waals surface area contributed by atoms with Crippen LogP contribution in [-0.2, 0) is 6.18 Å². The first-order chi connectivity index (χ1) is 17.3. The fraction of sp³-hybridized carbons (Fsp3) is 0.0800. The standard InChI is InChI=1S/C25H18F3N7O/c1-14-5-6-16(24(36)32-18-4-2-3-17(12-18)25(26,27)28)11-19(14)33-23-20-22(31-13-30-20)34-21(35-23)15-7-9-29-10-8-15/h2-13H,1H3,(H,32,36)(H2,30,31,33,34,35). The zero-order chi connectivity index (χ0) is 25.3. The Kier molecular flexibility index (Phi) is 5.80. The van der Waals surface area contributed by atoms with Crippen LogP contribution in [0.1, 0.15) is 21.5 Å². The van der Waals surface area contributed by atoms with Crippen LogP contribution < -0.4 is 10.6 Å². The van der Waals surface area contributed by atoms with E-state index in [0.29, 0.717) is 28.5 Å². The number of aryl methyl sites for hydroxylation is 1. The molecule has 0 saturated carbocycles. The fourth-order valence-electron chi connectivity index (χ4n) is 3.55. The van der Waals surface area contributed by atoms with E-state index in [1.54, 1.807) is 42.7 Å². The average molecular weight is 489 g/mol. The van der Waals surface area contributed by atoms with Crippen LogP contribution in [0, 0.1) is 6.92 Å². The molecule has 5 rings (SSSR count). The van der Waals surface area contributed by atoms with E-state index in [1.165, 1.54) is 18.5 Å². The highest BCUT2D eigenvalue weighted by Crippen LogP contribution is 2.31. The molecule has 5 aromatic rings. The van der Waals surface area contributed by atoms with Gasteiger partial charge in [0.05, 0.1) is 11.9 Å². The number of amides is 1. The number of carbonyl (C=O) groups is 1. The van der Waals surface area contributed by atoms with Gasteiger partial charge in [0.15, 0.2) is 22.8 Å². The molecule has 180 valence electrons. The molecule has 3 N–H and O–H groups in total. The molecule has 0 aliphatic carbocycles. The molecule has 0 saturated heterocycles. The predicted molar refractivity (Wildman–Crippen MR) is 129 cm³/mol. The second kappa shape index (κ2) is 9.10. The summed E-state index contributed by atoms with van der Waals surface area (Å²) < 4.78 is 39.0. The lowest BCUT2D eigenvalue weighted by Gasteiger charge is -2.13. The number of nitrogens with zero attached hydrogens (tertiary/aromatic N) is 4. The minimum absolute atomic E-state index is 0.0425. The molecule has 2 aromatic carbocycles. The summed E-state index contributed by atoms with van der Waals surface area (Å²) >= 11 is 0. The van der Waals surface area contributed by atoms with Crippen LogP contribution in [-0.4, -0.2) is 30.8 Å². The number of hydrogen-bond donors (Lipinski definition) is 3. The van der Waals surface area contributed by atoms with Gasteiger partial charge >= 0.3 is 6.18 Å². The molecule has 8 nitrogen and oxygen atoms in total. The number of carbonyl (C=O) groups excluding carboxylic acids is 1. The number of nitrogens with one attached hydrogen (secondary N) is 3. The topological polar surface area (TPSA) is 108 Å². The summed E-state index contributed by atoms with van der Waals surface area (Å²) in [5, 5.41) is 5.74. The third-order valence-corrected chi connectivity index (χ3v) is 5.42. The van der Waals surface area contributed by atoms with Gasteiger partial charge in [-0.15, -0.1) is 0 Å². The SMILES string of the molecule is Cc1ccc(C(=O)Nc2cccc(C(F)(F)F)c2)cc1Nc1nc(-c2ccncc2)nc2[nH]cnc12. The number of pyridine rings is 1. The van der Waals surface area contributed by atoms with Gasteiger partial charge in [0, 0.05) is 34.9 Å². The highest BCUT2D eigenvalue weighted by molar-refractivity contribution is 6.05. The average Bonchev–Trinajstić information content (AvgIpc) is 3.35. The molecule has 0 fully saturated rings. The van der Waals surface area contributed by atoms with E-state index in [9.17, 15) is 18.0 Å². The molecule has 0 bridgehead atoms. The van der Waals surface area contributed by atoms with Crippen LogP contribution in [0.3, 0.4) is 0 Å². The molecule has 3 heterocycles. The molecule has 11 heteroatoms. The lowest BCUT2D eigenvalue weighted by Crippen LogP contribution is -2.13. The van der Waals surface area contributed by atoms with Gasteiger partial charge in [0.2, 0.25) is 0 Å². The highest BCUT2D eigenvalue weighted by atomic mass is 19.4. The zero-order valence-electron chi connectivity index (χ0n) is 18.8. The van der Waals surface area contributed by atoms with Gasteiger partial charge in [-0.2, -0.15) is 13.2 Å². The molecule has 0 aliphatic rings. The van der Waals surface area contributed by atoms with Crippen molar-refractivity contribution in [2.75, 3.05) is 10.6 Å². The Morgan fingerprint density at radius 1 is 1.00 bits per heavy atom. The summed E-state index contributed by atoms with van der Waals surface area (Å²) in [4.78, 5) is 33.2. The van der Waals surface area contributed by atoms with Gasteiger partial charge in [-0.05, 0) is 55.0 Å². The van der Waals surface area contributed by atoms with Gasteiger partial charge in [-0.3, -0.25) is 9.78 Å². The maximum atomic E-state index is 13.0. The van der Waals surface area contributed by atoms with E-state index < -0.39 is 17.6 Å². The van der Waals surface area contributed by atoms with Crippen molar-refractivity contribution in [1.82, 2.24) is 24.9 Å². The van der Waals surface area contributed by atoms with Crippen molar-refractivity contribution in [3.05, 3.63) is 90.0 Å². The lowest BCUT2D eigenvalue weighted by atomic mass is 10.1. The first-order valence-electron chi connectivity index (χ1n) is 10.8. The molecular weight excluding hydrogens is 471 g/mol. The Hall–Kier alpha value is -4.80. The van der Waals surface area contributed by atoms with Gasteiger partial charge in [-0.1, -0.05) is 12.1 Å². The number of aromatic nitrogens is 5. The maximum absolute atomic E-state index is 13.0. The van der Waals surface area contributed by atoms with Crippen LogP contribution in [0.5, 0.6) is 0 Å². The van der Waals surface area contributed by atoms with E-state index in [0.717, 1.165) is 23.3 Å². The van der Waals surface area contributed by atoms with Crippen molar-refractivity contribution in [3.8, 4) is 11.4 Å². The number of anilines is 3. The monoisotopic (exact) mass is 489 g/mol. The van der Waals surface area contributed by atoms with E-state index in [2.05, 4.69) is 35.6 Å². The number of rotatable bonds is 5. The van der Waals surface area contributed by atoms with Gasteiger partial charge in [0.1, 0.15) is 0 Å². The molecule has 0 atom stereocenters. The number of fused-ring (bicyclic) bond motifs is 1. The molecule has 1 amide bonds. The second-order valence-electron chi connectivity index (χ2n) is 7.92. The molecule has 0 unspecified atom stereocenters. The second-order valence-corrected chi connectivity index (χ2v) is 7.92. The summed E-state index contributed by atoms with van der Waals surface area (Å²) in [6, 6.07) is 13.0. The number of imidazole rings is 1. The Balaban J connectivity index is 1.45. The fourth-order valence-corrected chi connectivity index (χ4v) is 3.55. The number of aromatic amines is 1. The maximum Gasteiger partial charge on any atom is 0.416 e. The molecule has 0 spiro atoms. The van der Waals surface area contributed by atoms with Crippen LogP contribution in [0.2, 0.25) is 0 Å².